The molecule has 3 N–H and O–H groups in total. The van der Waals surface area contributed by atoms with Crippen LogP contribution >= 0.6 is 0 Å². The Morgan fingerprint density at radius 2 is 1.57 bits per heavy atom. The zero-order chi connectivity index (χ0) is 21.3. The van der Waals surface area contributed by atoms with Crippen molar-refractivity contribution in [2.75, 3.05) is 7.11 Å². The average molecular weight is 402 g/mol. The number of hydrogen-bond donors (Lipinski definition) is 3. The van der Waals surface area contributed by atoms with Gasteiger partial charge in [0.1, 0.15) is 23.1 Å². The number of carbonyl (C=O) groups is 1. The maximum absolute atomic E-state index is 11.3. The largest absolute Gasteiger partial charge is 0.507 e. The van der Waals surface area contributed by atoms with E-state index >= 15 is 0 Å². The van der Waals surface area contributed by atoms with Gasteiger partial charge in [-0.05, 0) is 42.5 Å². The van der Waals surface area contributed by atoms with Crippen molar-refractivity contribution in [2.24, 2.45) is 0 Å². The third-order valence-electron chi connectivity index (χ3n) is 4.72. The monoisotopic (exact) mass is 402 g/mol. The van der Waals surface area contributed by atoms with E-state index in [0.29, 0.717) is 34.1 Å². The number of phenols is 2. The minimum atomic E-state index is -1.07. The van der Waals surface area contributed by atoms with E-state index in [4.69, 9.17) is 4.74 Å². The zero-order valence-corrected chi connectivity index (χ0v) is 16.0. The molecule has 4 aromatic rings. The van der Waals surface area contributed by atoms with Crippen LogP contribution < -0.4 is 4.74 Å². The molecule has 1 heterocycles. The molecule has 0 amide bonds. The van der Waals surface area contributed by atoms with Gasteiger partial charge < -0.3 is 20.1 Å². The van der Waals surface area contributed by atoms with Gasteiger partial charge in [-0.1, -0.05) is 24.3 Å². The zero-order valence-electron chi connectivity index (χ0n) is 16.0. The highest BCUT2D eigenvalue weighted by atomic mass is 16.5. The number of benzene rings is 3. The van der Waals surface area contributed by atoms with Gasteiger partial charge in [0.25, 0.3) is 0 Å². The summed E-state index contributed by atoms with van der Waals surface area (Å²) >= 11 is 0. The number of methoxy groups -OCH3 is 1. The Hall–Kier alpha value is -4.26. The molecule has 0 bridgehead atoms. The molecule has 0 aliphatic heterocycles. The van der Waals surface area contributed by atoms with E-state index in [-0.39, 0.29) is 17.1 Å². The number of imidazole rings is 1. The number of ether oxygens (including phenoxy) is 1. The second-order valence-electron chi connectivity index (χ2n) is 6.55. The molecule has 0 saturated heterocycles. The SMILES string of the molecule is COc1cc(C(=O)O)ccc1-n1cc(-c2ccccc2O)nc1-c1ccccc1O. The van der Waals surface area contributed by atoms with Gasteiger partial charge in [0, 0.05) is 11.8 Å². The van der Waals surface area contributed by atoms with Gasteiger partial charge in [0.2, 0.25) is 0 Å². The Bertz CT molecular complexity index is 1250. The van der Waals surface area contributed by atoms with Crippen LogP contribution in [0.1, 0.15) is 10.4 Å². The van der Waals surface area contributed by atoms with Crippen LogP contribution in [-0.2, 0) is 0 Å². The van der Waals surface area contributed by atoms with Crippen LogP contribution in [0.2, 0.25) is 0 Å². The van der Waals surface area contributed by atoms with E-state index in [9.17, 15) is 20.1 Å². The molecule has 7 heteroatoms. The van der Waals surface area contributed by atoms with Crippen LogP contribution in [-0.4, -0.2) is 37.9 Å². The Morgan fingerprint density at radius 3 is 2.17 bits per heavy atom. The molecular weight excluding hydrogens is 384 g/mol. The molecule has 0 saturated carbocycles. The van der Waals surface area contributed by atoms with Crippen LogP contribution in [0.4, 0.5) is 0 Å². The molecule has 4 rings (SSSR count). The second-order valence-corrected chi connectivity index (χ2v) is 6.55. The third kappa shape index (κ3) is 3.33. The second kappa shape index (κ2) is 7.63. The Kier molecular flexibility index (Phi) is 4.85. The van der Waals surface area contributed by atoms with Crippen LogP contribution in [0, 0.1) is 0 Å². The molecule has 0 aliphatic carbocycles. The highest BCUT2D eigenvalue weighted by Crippen LogP contribution is 2.37. The molecule has 0 spiro atoms. The molecule has 0 aliphatic rings. The number of carboxylic acids is 1. The molecule has 0 unspecified atom stereocenters. The van der Waals surface area contributed by atoms with Crippen molar-refractivity contribution in [1.29, 1.82) is 0 Å². The van der Waals surface area contributed by atoms with E-state index in [2.05, 4.69) is 4.98 Å². The van der Waals surface area contributed by atoms with E-state index in [1.807, 2.05) is 0 Å². The predicted molar refractivity (Wildman–Crippen MR) is 111 cm³/mol. The van der Waals surface area contributed by atoms with Crippen molar-refractivity contribution in [3.63, 3.8) is 0 Å². The van der Waals surface area contributed by atoms with Crippen molar-refractivity contribution in [3.8, 4) is 45.6 Å². The fourth-order valence-corrected chi connectivity index (χ4v) is 3.25. The minimum Gasteiger partial charge on any atom is -0.507 e. The number of carboxylic acid groups (broad SMARTS) is 1. The van der Waals surface area contributed by atoms with Gasteiger partial charge in [-0.25, -0.2) is 9.78 Å². The van der Waals surface area contributed by atoms with E-state index in [1.165, 1.54) is 19.2 Å². The standard InChI is InChI=1S/C23H18N2O5/c1-30-21-12-14(23(28)29)10-11-18(21)25-13-17(15-6-2-4-8-19(15)26)24-22(25)16-7-3-5-9-20(16)27/h2-13,26-27H,1H3,(H,28,29). The maximum atomic E-state index is 11.3. The van der Waals surface area contributed by atoms with Gasteiger partial charge >= 0.3 is 5.97 Å². The first kappa shape index (κ1) is 19.1. The van der Waals surface area contributed by atoms with Crippen molar-refractivity contribution >= 4 is 5.97 Å². The number of aromatic nitrogens is 2. The summed E-state index contributed by atoms with van der Waals surface area (Å²) in [7, 11) is 1.45. The van der Waals surface area contributed by atoms with Crippen LogP contribution in [0.3, 0.4) is 0 Å². The van der Waals surface area contributed by atoms with Crippen molar-refractivity contribution in [3.05, 3.63) is 78.5 Å². The Labute approximate surface area is 172 Å². The minimum absolute atomic E-state index is 0.0364. The first-order chi connectivity index (χ1) is 14.5. The van der Waals surface area contributed by atoms with E-state index in [0.717, 1.165) is 0 Å². The first-order valence-electron chi connectivity index (χ1n) is 9.07. The van der Waals surface area contributed by atoms with Crippen LogP contribution in [0.5, 0.6) is 17.2 Å². The number of phenolic OH excluding ortho intramolecular Hbond substituents is 2. The summed E-state index contributed by atoms with van der Waals surface area (Å²) < 4.78 is 7.12. The van der Waals surface area contributed by atoms with E-state index in [1.54, 1.807) is 65.4 Å². The van der Waals surface area contributed by atoms with Gasteiger partial charge in [0.05, 0.1) is 29.6 Å². The van der Waals surface area contributed by atoms with Gasteiger partial charge in [-0.3, -0.25) is 4.57 Å². The third-order valence-corrected chi connectivity index (χ3v) is 4.72. The topological polar surface area (TPSA) is 105 Å². The summed E-state index contributed by atoms with van der Waals surface area (Å²) in [5, 5.41) is 30.0. The molecular formula is C23H18N2O5. The van der Waals surface area contributed by atoms with E-state index < -0.39 is 5.97 Å². The molecule has 150 valence electrons. The molecule has 3 aromatic carbocycles. The Morgan fingerprint density at radius 1 is 0.933 bits per heavy atom. The summed E-state index contributed by atoms with van der Waals surface area (Å²) in [6, 6.07) is 18.1. The number of aromatic carboxylic acids is 1. The number of nitrogens with zero attached hydrogens (tertiary/aromatic N) is 2. The van der Waals surface area contributed by atoms with Gasteiger partial charge in [-0.2, -0.15) is 0 Å². The molecule has 30 heavy (non-hydrogen) atoms. The van der Waals surface area contributed by atoms with Gasteiger partial charge in [0.15, 0.2) is 0 Å². The quantitative estimate of drug-likeness (QED) is 0.459. The summed E-state index contributed by atoms with van der Waals surface area (Å²) in [5.74, 6) is -0.227. The molecule has 0 radical (unpaired) electrons. The number of rotatable bonds is 5. The maximum Gasteiger partial charge on any atom is 0.335 e. The number of para-hydroxylation sites is 2. The summed E-state index contributed by atoms with van der Waals surface area (Å²) in [6.45, 7) is 0. The fourth-order valence-electron chi connectivity index (χ4n) is 3.25. The summed E-state index contributed by atoms with van der Waals surface area (Å²) in [5.41, 5.74) is 2.10. The highest BCUT2D eigenvalue weighted by Gasteiger charge is 2.20. The van der Waals surface area contributed by atoms with Gasteiger partial charge in [-0.15, -0.1) is 0 Å². The normalized spacial score (nSPS) is 10.7. The lowest BCUT2D eigenvalue weighted by molar-refractivity contribution is 0.0696. The number of hydrogen-bond acceptors (Lipinski definition) is 5. The highest BCUT2D eigenvalue weighted by molar-refractivity contribution is 5.89. The molecule has 0 fully saturated rings. The predicted octanol–water partition coefficient (Wildman–Crippen LogP) is 4.32. The summed E-state index contributed by atoms with van der Waals surface area (Å²) in [6.07, 6.45) is 1.70. The molecule has 7 nitrogen and oxygen atoms in total. The lowest BCUT2D eigenvalue weighted by Gasteiger charge is -2.13. The average Bonchev–Trinajstić information content (AvgIpc) is 3.18. The Balaban J connectivity index is 1.98. The molecule has 1 aromatic heterocycles. The lowest BCUT2D eigenvalue weighted by Crippen LogP contribution is -2.03. The molecule has 0 atom stereocenters. The van der Waals surface area contributed by atoms with Crippen molar-refractivity contribution < 1.29 is 24.9 Å². The lowest BCUT2D eigenvalue weighted by atomic mass is 10.1. The van der Waals surface area contributed by atoms with Crippen LogP contribution in [0.15, 0.2) is 72.9 Å². The van der Waals surface area contributed by atoms with Crippen molar-refractivity contribution in [2.45, 2.75) is 0 Å². The number of aromatic hydroxyl groups is 2. The van der Waals surface area contributed by atoms with Crippen LogP contribution in [0.25, 0.3) is 28.3 Å². The smallest absolute Gasteiger partial charge is 0.335 e. The summed E-state index contributed by atoms with van der Waals surface area (Å²) in [4.78, 5) is 16.0. The fraction of sp³-hybridized carbons (Fsp3) is 0.0435. The first-order valence-corrected chi connectivity index (χ1v) is 9.07. The van der Waals surface area contributed by atoms with Crippen molar-refractivity contribution in [1.82, 2.24) is 9.55 Å².